The highest BCUT2D eigenvalue weighted by Crippen LogP contribution is 2.29. The van der Waals surface area contributed by atoms with E-state index < -0.39 is 5.41 Å². The maximum atomic E-state index is 12.1. The van der Waals surface area contributed by atoms with Gasteiger partial charge < -0.3 is 4.90 Å². The minimum Gasteiger partial charge on any atom is -0.339 e. The summed E-state index contributed by atoms with van der Waals surface area (Å²) in [6.45, 7) is 9.03. The quantitative estimate of drug-likeness (QED) is 0.651. The van der Waals surface area contributed by atoms with Gasteiger partial charge in [0.15, 0.2) is 0 Å². The molecule has 1 saturated heterocycles. The van der Waals surface area contributed by atoms with Crippen molar-refractivity contribution in [2.24, 2.45) is 11.3 Å². The number of likely N-dealkylation sites (tertiary alicyclic amines) is 1. The molecular weight excluding hydrogens is 198 g/mol. The fraction of sp³-hybridized carbons (Fsp3) is 0.909. The van der Waals surface area contributed by atoms with Crippen LogP contribution in [0.2, 0.25) is 0 Å². The zero-order valence-electron chi connectivity index (χ0n) is 9.51. The Morgan fingerprint density at radius 2 is 2.07 bits per heavy atom. The van der Waals surface area contributed by atoms with Crippen LogP contribution in [-0.4, -0.2) is 29.3 Å². The summed E-state index contributed by atoms with van der Waals surface area (Å²) in [6, 6.07) is 0.375. The maximum absolute atomic E-state index is 12.1. The van der Waals surface area contributed by atoms with Crippen LogP contribution in [0.15, 0.2) is 0 Å². The molecule has 14 heavy (non-hydrogen) atoms. The molecule has 3 heteroatoms. The van der Waals surface area contributed by atoms with Gasteiger partial charge in [-0.15, -0.1) is 11.6 Å². The van der Waals surface area contributed by atoms with Crippen LogP contribution >= 0.6 is 11.6 Å². The van der Waals surface area contributed by atoms with Crippen LogP contribution in [0, 0.1) is 11.3 Å². The number of hydrogen-bond donors (Lipinski definition) is 0. The fourth-order valence-electron chi connectivity index (χ4n) is 2.03. The van der Waals surface area contributed by atoms with E-state index in [1.165, 1.54) is 0 Å². The topological polar surface area (TPSA) is 20.3 Å². The molecule has 0 N–H and O–H groups in total. The molecule has 2 unspecified atom stereocenters. The number of carbonyl (C=O) groups is 1. The molecule has 0 spiro atoms. The number of hydrogen-bond acceptors (Lipinski definition) is 1. The lowest BCUT2D eigenvalue weighted by atomic mass is 9.94. The number of nitrogens with zero attached hydrogens (tertiary/aromatic N) is 1. The second-order valence-electron chi connectivity index (χ2n) is 5.16. The normalized spacial score (nSPS) is 28.2. The zero-order chi connectivity index (χ0) is 10.9. The van der Waals surface area contributed by atoms with E-state index in [1.807, 2.05) is 18.7 Å². The van der Waals surface area contributed by atoms with E-state index in [4.69, 9.17) is 11.6 Å². The van der Waals surface area contributed by atoms with Gasteiger partial charge in [0.05, 0.1) is 5.41 Å². The van der Waals surface area contributed by atoms with Crippen molar-refractivity contribution in [3.05, 3.63) is 0 Å². The average Bonchev–Trinajstić information content (AvgIpc) is 2.44. The molecule has 1 aliphatic heterocycles. The lowest BCUT2D eigenvalue weighted by Crippen LogP contribution is -2.43. The Kier molecular flexibility index (Phi) is 3.46. The van der Waals surface area contributed by atoms with E-state index in [0.29, 0.717) is 17.8 Å². The predicted molar refractivity (Wildman–Crippen MR) is 59.5 cm³/mol. The summed E-state index contributed by atoms with van der Waals surface area (Å²) in [5, 5.41) is 0. The summed E-state index contributed by atoms with van der Waals surface area (Å²) < 4.78 is 0. The SMILES string of the molecule is CC1CC(C)N(C(=O)C(C)(C)CCl)C1. The van der Waals surface area contributed by atoms with E-state index in [1.54, 1.807) is 0 Å². The summed E-state index contributed by atoms with van der Waals surface area (Å²) in [6.07, 6.45) is 1.12. The van der Waals surface area contributed by atoms with E-state index in [-0.39, 0.29) is 5.91 Å². The van der Waals surface area contributed by atoms with Crippen molar-refractivity contribution in [3.63, 3.8) is 0 Å². The van der Waals surface area contributed by atoms with Crippen molar-refractivity contribution in [1.82, 2.24) is 4.90 Å². The fourth-order valence-corrected chi connectivity index (χ4v) is 2.14. The van der Waals surface area contributed by atoms with E-state index in [0.717, 1.165) is 13.0 Å². The molecule has 1 fully saturated rings. The highest BCUT2D eigenvalue weighted by atomic mass is 35.5. The second kappa shape index (κ2) is 4.09. The first-order valence-electron chi connectivity index (χ1n) is 5.25. The number of halogens is 1. The first kappa shape index (κ1) is 11.8. The van der Waals surface area contributed by atoms with Crippen LogP contribution in [0.25, 0.3) is 0 Å². The summed E-state index contributed by atoms with van der Waals surface area (Å²) in [5.74, 6) is 1.22. The first-order chi connectivity index (χ1) is 6.38. The largest absolute Gasteiger partial charge is 0.339 e. The standard InChI is InChI=1S/C11H20ClNO/c1-8-5-9(2)13(6-8)10(14)11(3,4)7-12/h8-9H,5-7H2,1-4H3. The molecule has 0 saturated carbocycles. The van der Waals surface area contributed by atoms with Gasteiger partial charge in [-0.05, 0) is 33.1 Å². The van der Waals surface area contributed by atoms with Crippen molar-refractivity contribution < 1.29 is 4.79 Å². The Labute approximate surface area is 91.6 Å². The Bertz CT molecular complexity index is 227. The van der Waals surface area contributed by atoms with Crippen LogP contribution in [0.3, 0.4) is 0 Å². The third-order valence-corrected chi connectivity index (χ3v) is 3.63. The highest BCUT2D eigenvalue weighted by Gasteiger charge is 2.37. The molecular formula is C11H20ClNO. The lowest BCUT2D eigenvalue weighted by Gasteiger charge is -2.30. The maximum Gasteiger partial charge on any atom is 0.229 e. The molecule has 0 aromatic rings. The smallest absolute Gasteiger partial charge is 0.229 e. The number of alkyl halides is 1. The van der Waals surface area contributed by atoms with Gasteiger partial charge in [0.25, 0.3) is 0 Å². The first-order valence-corrected chi connectivity index (χ1v) is 5.79. The molecule has 2 nitrogen and oxygen atoms in total. The molecule has 0 aliphatic carbocycles. The number of amides is 1. The van der Waals surface area contributed by atoms with Crippen molar-refractivity contribution in [2.45, 2.75) is 40.2 Å². The molecule has 1 amide bonds. The monoisotopic (exact) mass is 217 g/mol. The Balaban J connectivity index is 2.70. The summed E-state index contributed by atoms with van der Waals surface area (Å²) >= 11 is 5.80. The van der Waals surface area contributed by atoms with Crippen molar-refractivity contribution in [2.75, 3.05) is 12.4 Å². The van der Waals surface area contributed by atoms with Gasteiger partial charge in [-0.2, -0.15) is 0 Å². The molecule has 1 aliphatic rings. The van der Waals surface area contributed by atoms with Crippen LogP contribution in [0.4, 0.5) is 0 Å². The van der Waals surface area contributed by atoms with E-state index in [9.17, 15) is 4.79 Å². The average molecular weight is 218 g/mol. The molecule has 82 valence electrons. The lowest BCUT2D eigenvalue weighted by molar-refractivity contribution is -0.139. The predicted octanol–water partition coefficient (Wildman–Crippen LogP) is 2.51. The van der Waals surface area contributed by atoms with Crippen LogP contribution in [0.5, 0.6) is 0 Å². The molecule has 0 aromatic heterocycles. The molecule has 2 atom stereocenters. The molecule has 0 aromatic carbocycles. The summed E-state index contributed by atoms with van der Waals surface area (Å²) in [4.78, 5) is 14.1. The summed E-state index contributed by atoms with van der Waals surface area (Å²) in [5.41, 5.74) is -0.417. The molecule has 1 heterocycles. The van der Waals surface area contributed by atoms with Crippen molar-refractivity contribution in [1.29, 1.82) is 0 Å². The summed E-state index contributed by atoms with van der Waals surface area (Å²) in [7, 11) is 0. The second-order valence-corrected chi connectivity index (χ2v) is 5.43. The van der Waals surface area contributed by atoms with Gasteiger partial charge in [-0.3, -0.25) is 4.79 Å². The zero-order valence-corrected chi connectivity index (χ0v) is 10.3. The van der Waals surface area contributed by atoms with Gasteiger partial charge in [-0.1, -0.05) is 6.92 Å². The molecule has 0 radical (unpaired) electrons. The minimum absolute atomic E-state index is 0.198. The van der Waals surface area contributed by atoms with Crippen molar-refractivity contribution >= 4 is 17.5 Å². The van der Waals surface area contributed by atoms with Crippen LogP contribution in [-0.2, 0) is 4.79 Å². The van der Waals surface area contributed by atoms with Crippen LogP contribution < -0.4 is 0 Å². The van der Waals surface area contributed by atoms with E-state index in [2.05, 4.69) is 13.8 Å². The van der Waals surface area contributed by atoms with Gasteiger partial charge >= 0.3 is 0 Å². The Morgan fingerprint density at radius 3 is 2.43 bits per heavy atom. The molecule has 1 rings (SSSR count). The van der Waals surface area contributed by atoms with E-state index >= 15 is 0 Å². The van der Waals surface area contributed by atoms with Gasteiger partial charge in [0, 0.05) is 18.5 Å². The minimum atomic E-state index is -0.417. The molecule has 0 bridgehead atoms. The van der Waals surface area contributed by atoms with Crippen LogP contribution in [0.1, 0.15) is 34.1 Å². The third kappa shape index (κ3) is 2.22. The highest BCUT2D eigenvalue weighted by molar-refractivity contribution is 6.19. The Morgan fingerprint density at radius 1 is 1.50 bits per heavy atom. The van der Waals surface area contributed by atoms with Gasteiger partial charge in [-0.25, -0.2) is 0 Å². The van der Waals surface area contributed by atoms with Gasteiger partial charge in [0.2, 0.25) is 5.91 Å². The van der Waals surface area contributed by atoms with Crippen molar-refractivity contribution in [3.8, 4) is 0 Å². The van der Waals surface area contributed by atoms with Gasteiger partial charge in [0.1, 0.15) is 0 Å². The number of carbonyl (C=O) groups excluding carboxylic acids is 1. The number of rotatable bonds is 2. The third-order valence-electron chi connectivity index (χ3n) is 2.96. The Hall–Kier alpha value is -0.240.